The molecule has 1 atom stereocenters. The zero-order valence-electron chi connectivity index (χ0n) is 12.5. The molecule has 1 saturated heterocycles. The minimum atomic E-state index is -0.380. The molecule has 1 heterocycles. The first-order valence-corrected chi connectivity index (χ1v) is 7.35. The van der Waals surface area contributed by atoms with Crippen LogP contribution in [-0.2, 0) is 4.74 Å². The third-order valence-electron chi connectivity index (χ3n) is 4.15. The third kappa shape index (κ3) is 3.95. The fraction of sp³-hybridized carbons (Fsp3) is 0.625. The number of piperidine rings is 1. The molecule has 1 aliphatic rings. The second kappa shape index (κ2) is 7.07. The van der Waals surface area contributed by atoms with Crippen LogP contribution in [0.1, 0.15) is 29.9 Å². The van der Waals surface area contributed by atoms with Crippen molar-refractivity contribution >= 4 is 5.69 Å². The maximum Gasteiger partial charge on any atom is 0.0900 e. The van der Waals surface area contributed by atoms with Crippen LogP contribution in [0, 0.1) is 6.92 Å². The minimum Gasteiger partial charge on any atom is -0.399 e. The highest BCUT2D eigenvalue weighted by molar-refractivity contribution is 5.45. The fourth-order valence-electron chi connectivity index (χ4n) is 3.13. The van der Waals surface area contributed by atoms with E-state index in [2.05, 4.69) is 24.0 Å². The Morgan fingerprint density at radius 1 is 1.40 bits per heavy atom. The summed E-state index contributed by atoms with van der Waals surface area (Å²) in [5.41, 5.74) is 9.38. The summed E-state index contributed by atoms with van der Waals surface area (Å²) in [6, 6.07) is 6.23. The summed E-state index contributed by atoms with van der Waals surface area (Å²) in [5, 5.41) is 9.78. The van der Waals surface area contributed by atoms with Gasteiger partial charge in [0.15, 0.2) is 0 Å². The summed E-state index contributed by atoms with van der Waals surface area (Å²) in [5.74, 6) is 0.617. The number of ether oxygens (including phenoxy) is 1. The zero-order valence-corrected chi connectivity index (χ0v) is 12.5. The molecule has 20 heavy (non-hydrogen) atoms. The number of rotatable bonds is 5. The number of methoxy groups -OCH3 is 1. The molecule has 0 spiro atoms. The van der Waals surface area contributed by atoms with Gasteiger partial charge in [-0.05, 0) is 62.0 Å². The van der Waals surface area contributed by atoms with Gasteiger partial charge in [0.25, 0.3) is 0 Å². The molecule has 4 heteroatoms. The Bertz CT molecular complexity index is 428. The van der Waals surface area contributed by atoms with Crippen LogP contribution in [0.4, 0.5) is 5.69 Å². The number of aliphatic hydroxyl groups excluding tert-OH is 1. The van der Waals surface area contributed by atoms with Crippen LogP contribution in [0.5, 0.6) is 0 Å². The van der Waals surface area contributed by atoms with E-state index in [9.17, 15) is 5.11 Å². The highest BCUT2D eigenvalue weighted by Crippen LogP contribution is 2.31. The molecule has 4 nitrogen and oxygen atoms in total. The molecule has 1 aromatic rings. The molecule has 0 amide bonds. The van der Waals surface area contributed by atoms with Crippen molar-refractivity contribution in [2.45, 2.75) is 31.8 Å². The number of nitrogens with zero attached hydrogens (tertiary/aromatic N) is 1. The molecule has 0 saturated carbocycles. The first-order valence-electron chi connectivity index (χ1n) is 7.35. The first-order chi connectivity index (χ1) is 9.60. The maximum atomic E-state index is 9.78. The van der Waals surface area contributed by atoms with Crippen molar-refractivity contribution in [2.24, 2.45) is 0 Å². The largest absolute Gasteiger partial charge is 0.399 e. The summed E-state index contributed by atoms with van der Waals surface area (Å²) < 4.78 is 4.97. The van der Waals surface area contributed by atoms with Crippen LogP contribution in [-0.4, -0.2) is 49.5 Å². The smallest absolute Gasteiger partial charge is 0.0900 e. The number of likely N-dealkylation sites (tertiary alicyclic amines) is 1. The van der Waals surface area contributed by atoms with E-state index in [1.807, 2.05) is 6.07 Å². The number of nitrogens with two attached hydrogens (primary N) is 1. The van der Waals surface area contributed by atoms with Crippen molar-refractivity contribution in [3.8, 4) is 0 Å². The molecule has 1 unspecified atom stereocenters. The van der Waals surface area contributed by atoms with Crippen molar-refractivity contribution in [2.75, 3.05) is 39.1 Å². The van der Waals surface area contributed by atoms with Gasteiger partial charge < -0.3 is 20.5 Å². The number of aryl methyl sites for hydroxylation is 1. The van der Waals surface area contributed by atoms with Gasteiger partial charge in [0.1, 0.15) is 0 Å². The minimum absolute atomic E-state index is 0.380. The van der Waals surface area contributed by atoms with E-state index in [0.717, 1.165) is 31.6 Å². The monoisotopic (exact) mass is 278 g/mol. The van der Waals surface area contributed by atoms with Gasteiger partial charge in [-0.1, -0.05) is 6.07 Å². The topological polar surface area (TPSA) is 58.7 Å². The number of benzene rings is 1. The summed E-state index contributed by atoms with van der Waals surface area (Å²) in [6.45, 7) is 5.34. The fourth-order valence-corrected chi connectivity index (χ4v) is 3.13. The quantitative estimate of drug-likeness (QED) is 0.806. The van der Waals surface area contributed by atoms with Crippen molar-refractivity contribution in [1.29, 1.82) is 0 Å². The molecule has 1 fully saturated rings. The van der Waals surface area contributed by atoms with Crippen LogP contribution < -0.4 is 5.73 Å². The Labute approximate surface area is 121 Å². The van der Waals surface area contributed by atoms with Gasteiger partial charge in [-0.2, -0.15) is 0 Å². The molecule has 0 bridgehead atoms. The Morgan fingerprint density at radius 2 is 2.10 bits per heavy atom. The number of anilines is 1. The highest BCUT2D eigenvalue weighted by Gasteiger charge is 2.23. The Balaban J connectivity index is 1.87. The molecular formula is C16H26N2O2. The van der Waals surface area contributed by atoms with Crippen molar-refractivity contribution in [3.05, 3.63) is 29.3 Å². The van der Waals surface area contributed by atoms with Gasteiger partial charge >= 0.3 is 0 Å². The van der Waals surface area contributed by atoms with Crippen molar-refractivity contribution < 1.29 is 9.84 Å². The van der Waals surface area contributed by atoms with Gasteiger partial charge in [-0.3, -0.25) is 0 Å². The van der Waals surface area contributed by atoms with Crippen LogP contribution in [0.25, 0.3) is 0 Å². The zero-order chi connectivity index (χ0) is 14.5. The normalized spacial score (nSPS) is 19.1. The van der Waals surface area contributed by atoms with Crippen LogP contribution in [0.3, 0.4) is 0 Å². The lowest BCUT2D eigenvalue weighted by atomic mass is 9.86. The number of hydrogen-bond acceptors (Lipinski definition) is 4. The average Bonchev–Trinajstić information content (AvgIpc) is 2.40. The predicted molar refractivity (Wildman–Crippen MR) is 81.9 cm³/mol. The maximum absolute atomic E-state index is 9.78. The number of β-amino-alcohol motifs (C(OH)–C–C–N with tert-alkyl or cyclic N) is 1. The van der Waals surface area contributed by atoms with Crippen LogP contribution in [0.2, 0.25) is 0 Å². The molecule has 1 aliphatic heterocycles. The Morgan fingerprint density at radius 3 is 2.70 bits per heavy atom. The molecule has 3 N–H and O–H groups in total. The molecule has 0 aliphatic carbocycles. The van der Waals surface area contributed by atoms with Gasteiger partial charge in [-0.15, -0.1) is 0 Å². The molecule has 1 aromatic carbocycles. The number of aliphatic hydroxyl groups is 1. The summed E-state index contributed by atoms with van der Waals surface area (Å²) in [7, 11) is 1.62. The van der Waals surface area contributed by atoms with Gasteiger partial charge in [0.2, 0.25) is 0 Å². The second-order valence-corrected chi connectivity index (χ2v) is 5.80. The van der Waals surface area contributed by atoms with E-state index < -0.39 is 0 Å². The molecular weight excluding hydrogens is 252 g/mol. The van der Waals surface area contributed by atoms with E-state index >= 15 is 0 Å². The standard InChI is InChI=1S/C16H26N2O2/c1-12-9-14(17)3-4-16(12)13-5-7-18(8-6-13)10-15(19)11-20-2/h3-4,9,13,15,19H,5-8,10-11,17H2,1-2H3. The van der Waals surface area contributed by atoms with Crippen LogP contribution >= 0.6 is 0 Å². The summed E-state index contributed by atoms with van der Waals surface area (Å²) in [4.78, 5) is 2.33. The van der Waals surface area contributed by atoms with Gasteiger partial charge in [0.05, 0.1) is 12.7 Å². The van der Waals surface area contributed by atoms with Crippen molar-refractivity contribution in [1.82, 2.24) is 4.90 Å². The van der Waals surface area contributed by atoms with E-state index in [-0.39, 0.29) is 6.10 Å². The van der Waals surface area contributed by atoms with Crippen molar-refractivity contribution in [3.63, 3.8) is 0 Å². The molecule has 112 valence electrons. The average molecular weight is 278 g/mol. The van der Waals surface area contributed by atoms with Crippen LogP contribution in [0.15, 0.2) is 18.2 Å². The highest BCUT2D eigenvalue weighted by atomic mass is 16.5. The van der Waals surface area contributed by atoms with Gasteiger partial charge in [0, 0.05) is 19.3 Å². The Hall–Kier alpha value is -1.10. The van der Waals surface area contributed by atoms with E-state index in [0.29, 0.717) is 19.1 Å². The Kier molecular flexibility index (Phi) is 5.40. The first kappa shape index (κ1) is 15.3. The SMILES string of the molecule is COCC(O)CN1CCC(c2ccc(N)cc2C)CC1. The van der Waals surface area contributed by atoms with E-state index in [1.165, 1.54) is 11.1 Å². The predicted octanol–water partition coefficient (Wildman–Crippen LogP) is 1.76. The third-order valence-corrected chi connectivity index (χ3v) is 4.15. The second-order valence-electron chi connectivity index (χ2n) is 5.80. The van der Waals surface area contributed by atoms with Gasteiger partial charge in [-0.25, -0.2) is 0 Å². The summed E-state index contributed by atoms with van der Waals surface area (Å²) in [6.07, 6.45) is 1.91. The van der Waals surface area contributed by atoms with E-state index in [4.69, 9.17) is 10.5 Å². The molecule has 2 rings (SSSR count). The van der Waals surface area contributed by atoms with E-state index in [1.54, 1.807) is 7.11 Å². The lowest BCUT2D eigenvalue weighted by molar-refractivity contribution is 0.0320. The number of nitrogen functional groups attached to an aromatic ring is 1. The lowest BCUT2D eigenvalue weighted by Gasteiger charge is -2.33. The lowest BCUT2D eigenvalue weighted by Crippen LogP contribution is -2.39. The number of hydrogen-bond donors (Lipinski definition) is 2. The molecule has 0 aromatic heterocycles. The molecule has 0 radical (unpaired) electrons. The summed E-state index contributed by atoms with van der Waals surface area (Å²) >= 11 is 0.